The number of halogens is 1. The monoisotopic (exact) mass is 298 g/mol. The third-order valence-corrected chi connectivity index (χ3v) is 5.14. The van der Waals surface area contributed by atoms with Crippen molar-refractivity contribution in [1.82, 2.24) is 5.32 Å². The maximum Gasteiger partial charge on any atom is 0.0471 e. The number of thioether (sulfide) groups is 1. The van der Waals surface area contributed by atoms with E-state index in [1.165, 1.54) is 29.2 Å². The van der Waals surface area contributed by atoms with Crippen LogP contribution in [-0.4, -0.2) is 31.1 Å². The molecule has 1 atom stereocenters. The van der Waals surface area contributed by atoms with Crippen molar-refractivity contribution in [3.63, 3.8) is 0 Å². The zero-order chi connectivity index (χ0) is 13.7. The SMILES string of the molecule is CCCNCc1ccc(N(C)C2CCSC2)cc1Cl. The van der Waals surface area contributed by atoms with Crippen LogP contribution in [0.15, 0.2) is 18.2 Å². The van der Waals surface area contributed by atoms with Crippen LogP contribution in [0.3, 0.4) is 0 Å². The molecule has 2 rings (SSSR count). The first kappa shape index (κ1) is 15.0. The van der Waals surface area contributed by atoms with Crippen LogP contribution in [0.1, 0.15) is 25.3 Å². The van der Waals surface area contributed by atoms with Crippen molar-refractivity contribution in [3.05, 3.63) is 28.8 Å². The molecule has 0 saturated carbocycles. The van der Waals surface area contributed by atoms with E-state index in [0.29, 0.717) is 6.04 Å². The zero-order valence-corrected chi connectivity index (χ0v) is 13.4. The quantitative estimate of drug-likeness (QED) is 0.805. The number of anilines is 1. The van der Waals surface area contributed by atoms with Crippen molar-refractivity contribution >= 4 is 29.1 Å². The summed E-state index contributed by atoms with van der Waals surface area (Å²) in [6.45, 7) is 4.07. The lowest BCUT2D eigenvalue weighted by atomic mass is 10.1. The Kier molecular flexibility index (Phi) is 5.86. The van der Waals surface area contributed by atoms with Gasteiger partial charge in [-0.05, 0) is 42.8 Å². The van der Waals surface area contributed by atoms with Crippen molar-refractivity contribution in [2.45, 2.75) is 32.4 Å². The summed E-state index contributed by atoms with van der Waals surface area (Å²) in [5, 5.41) is 4.27. The van der Waals surface area contributed by atoms with Gasteiger partial charge < -0.3 is 10.2 Å². The number of hydrogen-bond acceptors (Lipinski definition) is 3. The van der Waals surface area contributed by atoms with Crippen LogP contribution in [0.5, 0.6) is 0 Å². The first-order chi connectivity index (χ1) is 9.22. The average Bonchev–Trinajstić information content (AvgIpc) is 2.94. The molecule has 1 aliphatic heterocycles. The summed E-state index contributed by atoms with van der Waals surface area (Å²) in [6.07, 6.45) is 2.43. The summed E-state index contributed by atoms with van der Waals surface area (Å²) >= 11 is 8.43. The Labute approximate surface area is 125 Å². The Morgan fingerprint density at radius 1 is 1.47 bits per heavy atom. The smallest absolute Gasteiger partial charge is 0.0471 e. The Morgan fingerprint density at radius 2 is 2.32 bits per heavy atom. The fourth-order valence-corrected chi connectivity index (χ4v) is 3.85. The molecule has 1 fully saturated rings. The van der Waals surface area contributed by atoms with E-state index in [1.54, 1.807) is 0 Å². The molecule has 0 amide bonds. The first-order valence-corrected chi connectivity index (χ1v) is 8.55. The molecule has 2 nitrogen and oxygen atoms in total. The molecule has 1 heterocycles. The normalized spacial score (nSPS) is 18.8. The van der Waals surface area contributed by atoms with Crippen molar-refractivity contribution < 1.29 is 0 Å². The van der Waals surface area contributed by atoms with Crippen LogP contribution in [0.25, 0.3) is 0 Å². The molecule has 0 bridgehead atoms. The van der Waals surface area contributed by atoms with Crippen molar-refractivity contribution in [2.24, 2.45) is 0 Å². The molecule has 0 radical (unpaired) electrons. The van der Waals surface area contributed by atoms with Crippen LogP contribution in [-0.2, 0) is 6.54 Å². The van der Waals surface area contributed by atoms with Gasteiger partial charge in [0.25, 0.3) is 0 Å². The van der Waals surface area contributed by atoms with E-state index in [2.05, 4.69) is 42.4 Å². The maximum atomic E-state index is 6.39. The van der Waals surface area contributed by atoms with E-state index in [1.807, 2.05) is 11.8 Å². The largest absolute Gasteiger partial charge is 0.371 e. The summed E-state index contributed by atoms with van der Waals surface area (Å²) < 4.78 is 0. The predicted octanol–water partition coefficient (Wildman–Crippen LogP) is 3.78. The molecule has 1 N–H and O–H groups in total. The van der Waals surface area contributed by atoms with Gasteiger partial charge in [-0.3, -0.25) is 0 Å². The third-order valence-electron chi connectivity index (χ3n) is 3.64. The van der Waals surface area contributed by atoms with E-state index in [4.69, 9.17) is 11.6 Å². The van der Waals surface area contributed by atoms with E-state index in [9.17, 15) is 0 Å². The van der Waals surface area contributed by atoms with E-state index in [-0.39, 0.29) is 0 Å². The lowest BCUT2D eigenvalue weighted by molar-refractivity contribution is 0.674. The number of nitrogens with zero attached hydrogens (tertiary/aromatic N) is 1. The van der Waals surface area contributed by atoms with E-state index < -0.39 is 0 Å². The van der Waals surface area contributed by atoms with E-state index >= 15 is 0 Å². The molecule has 0 aromatic heterocycles. The summed E-state index contributed by atoms with van der Waals surface area (Å²) in [4.78, 5) is 2.37. The topological polar surface area (TPSA) is 15.3 Å². The molecule has 106 valence electrons. The van der Waals surface area contributed by atoms with Gasteiger partial charge in [-0.1, -0.05) is 24.6 Å². The van der Waals surface area contributed by atoms with Crippen LogP contribution in [0.2, 0.25) is 5.02 Å². The molecule has 0 spiro atoms. The van der Waals surface area contributed by atoms with Gasteiger partial charge in [-0.15, -0.1) is 0 Å². The van der Waals surface area contributed by atoms with Gasteiger partial charge in [-0.25, -0.2) is 0 Å². The highest BCUT2D eigenvalue weighted by Crippen LogP contribution is 2.28. The van der Waals surface area contributed by atoms with Gasteiger partial charge in [-0.2, -0.15) is 11.8 Å². The fourth-order valence-electron chi connectivity index (χ4n) is 2.34. The van der Waals surface area contributed by atoms with Gasteiger partial charge in [0, 0.05) is 36.1 Å². The summed E-state index contributed by atoms with van der Waals surface area (Å²) in [5.41, 5.74) is 2.42. The highest BCUT2D eigenvalue weighted by atomic mass is 35.5. The van der Waals surface area contributed by atoms with Gasteiger partial charge in [0.1, 0.15) is 0 Å². The molecule has 19 heavy (non-hydrogen) atoms. The van der Waals surface area contributed by atoms with E-state index in [0.717, 1.165) is 24.5 Å². The van der Waals surface area contributed by atoms with Crippen molar-refractivity contribution in [3.8, 4) is 0 Å². The summed E-state index contributed by atoms with van der Waals surface area (Å²) in [5.74, 6) is 2.51. The second kappa shape index (κ2) is 7.41. The highest BCUT2D eigenvalue weighted by molar-refractivity contribution is 7.99. The lowest BCUT2D eigenvalue weighted by Crippen LogP contribution is -2.31. The van der Waals surface area contributed by atoms with Gasteiger partial charge in [0.2, 0.25) is 0 Å². The minimum atomic E-state index is 0.658. The predicted molar refractivity (Wildman–Crippen MR) is 87.6 cm³/mol. The Morgan fingerprint density at radius 3 is 2.95 bits per heavy atom. The average molecular weight is 299 g/mol. The standard InChI is InChI=1S/C15H23ClN2S/c1-3-7-17-10-12-4-5-13(9-15(12)16)18(2)14-6-8-19-11-14/h4-5,9,14,17H,3,6-8,10-11H2,1-2H3. The molecule has 1 aromatic carbocycles. The third kappa shape index (κ3) is 4.04. The number of benzene rings is 1. The highest BCUT2D eigenvalue weighted by Gasteiger charge is 2.20. The Balaban J connectivity index is 2.00. The molecule has 0 aliphatic carbocycles. The maximum absolute atomic E-state index is 6.39. The second-order valence-electron chi connectivity index (χ2n) is 5.08. The number of hydrogen-bond donors (Lipinski definition) is 1. The van der Waals surface area contributed by atoms with Crippen LogP contribution >= 0.6 is 23.4 Å². The minimum Gasteiger partial charge on any atom is -0.371 e. The first-order valence-electron chi connectivity index (χ1n) is 7.02. The number of nitrogens with one attached hydrogen (secondary N) is 1. The molecular formula is C15H23ClN2S. The molecule has 1 unspecified atom stereocenters. The van der Waals surface area contributed by atoms with Crippen LogP contribution < -0.4 is 10.2 Å². The summed E-state index contributed by atoms with van der Waals surface area (Å²) in [6, 6.07) is 7.11. The fraction of sp³-hybridized carbons (Fsp3) is 0.600. The zero-order valence-electron chi connectivity index (χ0n) is 11.8. The number of rotatable bonds is 6. The van der Waals surface area contributed by atoms with Crippen molar-refractivity contribution in [2.75, 3.05) is 30.0 Å². The molecule has 1 saturated heterocycles. The minimum absolute atomic E-state index is 0.658. The summed E-state index contributed by atoms with van der Waals surface area (Å²) in [7, 11) is 2.18. The second-order valence-corrected chi connectivity index (χ2v) is 6.64. The Hall–Kier alpha value is -0.380. The molecular weight excluding hydrogens is 276 g/mol. The Bertz CT molecular complexity index is 405. The van der Waals surface area contributed by atoms with Gasteiger partial charge in [0.05, 0.1) is 0 Å². The van der Waals surface area contributed by atoms with Gasteiger partial charge in [0.15, 0.2) is 0 Å². The molecule has 1 aliphatic rings. The molecule has 1 aromatic rings. The molecule has 4 heteroatoms. The van der Waals surface area contributed by atoms with Crippen LogP contribution in [0, 0.1) is 0 Å². The van der Waals surface area contributed by atoms with Gasteiger partial charge >= 0.3 is 0 Å². The lowest BCUT2D eigenvalue weighted by Gasteiger charge is -2.26. The van der Waals surface area contributed by atoms with Crippen LogP contribution in [0.4, 0.5) is 5.69 Å². The van der Waals surface area contributed by atoms with Crippen molar-refractivity contribution in [1.29, 1.82) is 0 Å².